The van der Waals surface area contributed by atoms with Crippen LogP contribution in [0.3, 0.4) is 0 Å². The molecule has 0 radical (unpaired) electrons. The second kappa shape index (κ2) is 5.71. The van der Waals surface area contributed by atoms with Gasteiger partial charge in [0.1, 0.15) is 5.69 Å². The third-order valence-electron chi connectivity index (χ3n) is 2.53. The van der Waals surface area contributed by atoms with Crippen LogP contribution in [-0.4, -0.2) is 25.6 Å². The first-order chi connectivity index (χ1) is 8.79. The summed E-state index contributed by atoms with van der Waals surface area (Å²) in [5, 5.41) is 13.8. The summed E-state index contributed by atoms with van der Waals surface area (Å²) >= 11 is 0. The molecule has 0 aliphatic carbocycles. The number of hydrogen-bond donors (Lipinski definition) is 1. The Morgan fingerprint density at radius 3 is 2.58 bits per heavy atom. The first-order valence-corrected chi connectivity index (χ1v) is 7.40. The van der Waals surface area contributed by atoms with Crippen molar-refractivity contribution in [1.82, 2.24) is 0 Å². The maximum absolute atomic E-state index is 11.4. The highest BCUT2D eigenvalue weighted by Gasteiger charge is 2.19. The minimum absolute atomic E-state index is 0.0986. The van der Waals surface area contributed by atoms with Crippen molar-refractivity contribution in [2.75, 3.05) is 11.6 Å². The van der Waals surface area contributed by atoms with Crippen LogP contribution in [0.1, 0.15) is 13.3 Å². The van der Waals surface area contributed by atoms with Gasteiger partial charge in [0, 0.05) is 12.3 Å². The molecule has 6 nitrogen and oxygen atoms in total. The number of terminal acetylenes is 1. The number of nitro groups is 1. The molecule has 0 bridgehead atoms. The number of rotatable bonds is 5. The molecular formula is C12H14N2O4S. The fraction of sp³-hybridized carbons (Fsp3) is 0.333. The Bertz CT molecular complexity index is 632. The number of sulfone groups is 1. The minimum atomic E-state index is -3.49. The van der Waals surface area contributed by atoms with Crippen LogP contribution in [0.5, 0.6) is 0 Å². The van der Waals surface area contributed by atoms with Gasteiger partial charge in [-0.05, 0) is 18.6 Å². The van der Waals surface area contributed by atoms with Gasteiger partial charge in [0.05, 0.1) is 15.9 Å². The number of nitrogens with one attached hydrogen (secondary N) is 1. The summed E-state index contributed by atoms with van der Waals surface area (Å²) in [6, 6.07) is 3.35. The zero-order chi connectivity index (χ0) is 14.6. The molecule has 1 aromatic rings. The van der Waals surface area contributed by atoms with Crippen molar-refractivity contribution in [3.8, 4) is 12.3 Å². The summed E-state index contributed by atoms with van der Waals surface area (Å²) in [5.74, 6) is 2.46. The molecule has 0 fully saturated rings. The Hall–Kier alpha value is -2.07. The second-order valence-corrected chi connectivity index (χ2v) is 6.00. The lowest BCUT2D eigenvalue weighted by molar-refractivity contribution is -0.384. The van der Waals surface area contributed by atoms with Gasteiger partial charge in [0.15, 0.2) is 9.84 Å². The summed E-state index contributed by atoms with van der Waals surface area (Å²) in [5.41, 5.74) is -0.0983. The zero-order valence-electron chi connectivity index (χ0n) is 10.6. The van der Waals surface area contributed by atoms with E-state index in [0.717, 1.165) is 12.3 Å². The topological polar surface area (TPSA) is 89.3 Å². The van der Waals surface area contributed by atoms with Crippen molar-refractivity contribution in [2.24, 2.45) is 0 Å². The SMILES string of the molecule is C#CC(CC)Nc1ccc(S(C)(=O)=O)cc1[N+](=O)[O-]. The monoisotopic (exact) mass is 282 g/mol. The van der Waals surface area contributed by atoms with Crippen molar-refractivity contribution >= 4 is 21.2 Å². The van der Waals surface area contributed by atoms with Crippen LogP contribution in [0, 0.1) is 22.5 Å². The largest absolute Gasteiger partial charge is 0.366 e. The quantitative estimate of drug-likeness (QED) is 0.505. The molecule has 0 aliphatic rings. The van der Waals surface area contributed by atoms with Crippen LogP contribution < -0.4 is 5.32 Å². The fourth-order valence-corrected chi connectivity index (χ4v) is 2.11. The number of nitrogens with zero attached hydrogens (tertiary/aromatic N) is 1. The summed E-state index contributed by atoms with van der Waals surface area (Å²) in [6.07, 6.45) is 6.87. The summed E-state index contributed by atoms with van der Waals surface area (Å²) < 4.78 is 22.8. The van der Waals surface area contributed by atoms with E-state index < -0.39 is 14.8 Å². The van der Waals surface area contributed by atoms with Gasteiger partial charge < -0.3 is 5.32 Å². The van der Waals surface area contributed by atoms with Crippen LogP contribution in [-0.2, 0) is 9.84 Å². The normalized spacial score (nSPS) is 12.5. The number of nitro benzene ring substituents is 1. The average molecular weight is 282 g/mol. The molecular weight excluding hydrogens is 268 g/mol. The van der Waals surface area contributed by atoms with Crippen molar-refractivity contribution in [3.05, 3.63) is 28.3 Å². The van der Waals surface area contributed by atoms with E-state index in [-0.39, 0.29) is 22.3 Å². The maximum atomic E-state index is 11.4. The maximum Gasteiger partial charge on any atom is 0.293 e. The highest BCUT2D eigenvalue weighted by molar-refractivity contribution is 7.90. The molecule has 102 valence electrons. The molecule has 7 heteroatoms. The van der Waals surface area contributed by atoms with Crippen LogP contribution in [0.2, 0.25) is 0 Å². The van der Waals surface area contributed by atoms with E-state index in [2.05, 4.69) is 11.2 Å². The lowest BCUT2D eigenvalue weighted by Crippen LogP contribution is -2.16. The zero-order valence-corrected chi connectivity index (χ0v) is 11.4. The predicted molar refractivity (Wildman–Crippen MR) is 72.7 cm³/mol. The van der Waals surface area contributed by atoms with E-state index in [4.69, 9.17) is 6.42 Å². The van der Waals surface area contributed by atoms with Gasteiger partial charge in [-0.25, -0.2) is 8.42 Å². The van der Waals surface area contributed by atoms with Gasteiger partial charge >= 0.3 is 0 Å². The Morgan fingerprint density at radius 2 is 2.16 bits per heavy atom. The molecule has 0 aliphatic heterocycles. The standard InChI is InChI=1S/C12H14N2O4S/c1-4-9(5-2)13-11-7-6-10(19(3,17)18)8-12(11)14(15)16/h1,6-9,13H,5H2,2-3H3. The summed E-state index contributed by atoms with van der Waals surface area (Å²) in [4.78, 5) is 10.2. The van der Waals surface area contributed by atoms with Crippen molar-refractivity contribution in [2.45, 2.75) is 24.3 Å². The number of anilines is 1. The third-order valence-corrected chi connectivity index (χ3v) is 3.64. The minimum Gasteiger partial charge on any atom is -0.366 e. The van der Waals surface area contributed by atoms with Crippen LogP contribution in [0.4, 0.5) is 11.4 Å². The second-order valence-electron chi connectivity index (χ2n) is 3.98. The van der Waals surface area contributed by atoms with Gasteiger partial charge in [-0.1, -0.05) is 12.8 Å². The van der Waals surface area contributed by atoms with Gasteiger partial charge in [-0.15, -0.1) is 6.42 Å². The number of hydrogen-bond acceptors (Lipinski definition) is 5. The summed E-state index contributed by atoms with van der Waals surface area (Å²) in [7, 11) is -3.49. The van der Waals surface area contributed by atoms with E-state index in [1.807, 2.05) is 6.92 Å². The first kappa shape index (κ1) is 15.0. The first-order valence-electron chi connectivity index (χ1n) is 5.50. The molecule has 0 aromatic heterocycles. The predicted octanol–water partition coefficient (Wildman–Crippen LogP) is 1.82. The molecule has 0 spiro atoms. The Kier molecular flexibility index (Phi) is 4.51. The third kappa shape index (κ3) is 3.69. The molecule has 1 unspecified atom stereocenters. The Morgan fingerprint density at radius 1 is 1.53 bits per heavy atom. The van der Waals surface area contributed by atoms with Crippen LogP contribution >= 0.6 is 0 Å². The Balaban J connectivity index is 3.28. The highest BCUT2D eigenvalue weighted by atomic mass is 32.2. The van der Waals surface area contributed by atoms with E-state index in [0.29, 0.717) is 6.42 Å². The van der Waals surface area contributed by atoms with E-state index in [1.54, 1.807) is 0 Å². The lowest BCUT2D eigenvalue weighted by Gasteiger charge is -2.12. The van der Waals surface area contributed by atoms with E-state index in [1.165, 1.54) is 12.1 Å². The lowest BCUT2D eigenvalue weighted by atomic mass is 10.2. The van der Waals surface area contributed by atoms with Gasteiger partial charge in [-0.3, -0.25) is 10.1 Å². The highest BCUT2D eigenvalue weighted by Crippen LogP contribution is 2.28. The van der Waals surface area contributed by atoms with Gasteiger partial charge in [-0.2, -0.15) is 0 Å². The number of benzene rings is 1. The Labute approximate surface area is 111 Å². The van der Waals surface area contributed by atoms with E-state index >= 15 is 0 Å². The van der Waals surface area contributed by atoms with Crippen molar-refractivity contribution in [3.63, 3.8) is 0 Å². The fourth-order valence-electron chi connectivity index (χ4n) is 1.46. The van der Waals surface area contributed by atoms with Crippen molar-refractivity contribution in [1.29, 1.82) is 0 Å². The molecule has 1 aromatic carbocycles. The molecule has 0 saturated carbocycles. The molecule has 0 saturated heterocycles. The van der Waals surface area contributed by atoms with Gasteiger partial charge in [0.2, 0.25) is 0 Å². The molecule has 1 N–H and O–H groups in total. The average Bonchev–Trinajstić information content (AvgIpc) is 2.34. The molecule has 1 rings (SSSR count). The smallest absolute Gasteiger partial charge is 0.293 e. The van der Waals surface area contributed by atoms with Crippen LogP contribution in [0.15, 0.2) is 23.1 Å². The summed E-state index contributed by atoms with van der Waals surface area (Å²) in [6.45, 7) is 1.84. The molecule has 19 heavy (non-hydrogen) atoms. The van der Waals surface area contributed by atoms with Crippen LogP contribution in [0.25, 0.3) is 0 Å². The van der Waals surface area contributed by atoms with E-state index in [9.17, 15) is 18.5 Å². The molecule has 1 atom stereocenters. The van der Waals surface area contributed by atoms with Gasteiger partial charge in [0.25, 0.3) is 5.69 Å². The molecule has 0 amide bonds. The van der Waals surface area contributed by atoms with Crippen molar-refractivity contribution < 1.29 is 13.3 Å². The molecule has 0 heterocycles.